The third kappa shape index (κ3) is 1.31. The Balaban J connectivity index is 2.09. The monoisotopic (exact) mass is 258 g/mol. The van der Waals surface area contributed by atoms with Gasteiger partial charge in [0.05, 0.1) is 22.1 Å². The van der Waals surface area contributed by atoms with Gasteiger partial charge in [-0.2, -0.15) is 0 Å². The molecule has 0 amide bonds. The molecule has 3 heterocycles. The molecule has 0 saturated heterocycles. The van der Waals surface area contributed by atoms with E-state index in [2.05, 4.69) is 19.9 Å². The maximum atomic E-state index is 4.60. The molecular formula is C11H6N4S2. The largest absolute Gasteiger partial charge is 0.345 e. The van der Waals surface area contributed by atoms with Crippen LogP contribution in [-0.4, -0.2) is 19.9 Å². The van der Waals surface area contributed by atoms with Crippen LogP contribution in [0.1, 0.15) is 0 Å². The summed E-state index contributed by atoms with van der Waals surface area (Å²) in [5, 5.41) is 3.89. The summed E-state index contributed by atoms with van der Waals surface area (Å²) in [6.07, 6.45) is 3.52. The first-order chi connectivity index (χ1) is 8.42. The lowest BCUT2D eigenvalue weighted by Crippen LogP contribution is -1.72. The van der Waals surface area contributed by atoms with Gasteiger partial charge in [0.2, 0.25) is 0 Å². The highest BCUT2D eigenvalue weighted by Gasteiger charge is 2.11. The second kappa shape index (κ2) is 3.35. The number of nitrogens with zero attached hydrogens (tertiary/aromatic N) is 3. The van der Waals surface area contributed by atoms with Crippen molar-refractivity contribution in [3.63, 3.8) is 0 Å². The Kier molecular flexibility index (Phi) is 1.82. The van der Waals surface area contributed by atoms with Gasteiger partial charge >= 0.3 is 0 Å². The first kappa shape index (κ1) is 9.26. The van der Waals surface area contributed by atoms with Gasteiger partial charge in [-0.05, 0) is 12.1 Å². The molecule has 4 nitrogen and oxygen atoms in total. The molecule has 6 heteroatoms. The highest BCUT2D eigenvalue weighted by atomic mass is 32.1. The Labute approximate surface area is 104 Å². The summed E-state index contributed by atoms with van der Waals surface area (Å²) in [6.45, 7) is 0. The number of H-pyrrole nitrogens is 1. The van der Waals surface area contributed by atoms with Gasteiger partial charge in [0.25, 0.3) is 0 Å². The van der Waals surface area contributed by atoms with Crippen molar-refractivity contribution in [2.24, 2.45) is 0 Å². The van der Waals surface area contributed by atoms with Crippen LogP contribution >= 0.6 is 22.7 Å². The summed E-state index contributed by atoms with van der Waals surface area (Å²) in [5.41, 5.74) is 3.02. The third-order valence-electron chi connectivity index (χ3n) is 2.56. The Morgan fingerprint density at radius 3 is 3.00 bits per heavy atom. The smallest absolute Gasteiger partial charge is 0.153 e. The number of hydrogen-bond acceptors (Lipinski definition) is 5. The van der Waals surface area contributed by atoms with Gasteiger partial charge in [0, 0.05) is 11.6 Å². The second-order valence-electron chi connectivity index (χ2n) is 3.57. The lowest BCUT2D eigenvalue weighted by Gasteiger charge is -1.87. The molecule has 0 saturated carbocycles. The minimum Gasteiger partial charge on any atom is -0.345 e. The van der Waals surface area contributed by atoms with Crippen molar-refractivity contribution in [1.29, 1.82) is 0 Å². The lowest BCUT2D eigenvalue weighted by molar-refractivity contribution is 1.35. The van der Waals surface area contributed by atoms with Crippen molar-refractivity contribution in [3.8, 4) is 10.0 Å². The number of fused-ring (bicyclic) bond motifs is 3. The van der Waals surface area contributed by atoms with E-state index in [4.69, 9.17) is 0 Å². The summed E-state index contributed by atoms with van der Waals surface area (Å²) in [6, 6.07) is 4.03. The maximum absolute atomic E-state index is 4.60. The maximum Gasteiger partial charge on any atom is 0.153 e. The van der Waals surface area contributed by atoms with Crippen molar-refractivity contribution in [1.82, 2.24) is 19.9 Å². The van der Waals surface area contributed by atoms with Crippen LogP contribution in [0.15, 0.2) is 30.0 Å². The standard InChI is InChI=1S/C11H6N4S2/c1-2-7-9(8-6(1)13-5-14-8)17-11(15-7)10-12-3-4-16-10/h1-5H,(H,13,14). The number of hydrogen-bond donors (Lipinski definition) is 1. The van der Waals surface area contributed by atoms with Gasteiger partial charge in [0.15, 0.2) is 10.0 Å². The van der Waals surface area contributed by atoms with E-state index >= 15 is 0 Å². The summed E-state index contributed by atoms with van der Waals surface area (Å²) >= 11 is 3.25. The molecule has 3 aromatic heterocycles. The SMILES string of the molecule is c1csc(-c2nc3ccc4[nH]cnc4c3s2)n1. The molecule has 17 heavy (non-hydrogen) atoms. The minimum atomic E-state index is 0.963. The molecule has 0 aliphatic heterocycles. The molecule has 1 aromatic carbocycles. The van der Waals surface area contributed by atoms with E-state index in [0.29, 0.717) is 0 Å². The van der Waals surface area contributed by atoms with Crippen LogP contribution in [0.5, 0.6) is 0 Å². The number of thiazole rings is 2. The van der Waals surface area contributed by atoms with Crippen molar-refractivity contribution < 1.29 is 0 Å². The van der Waals surface area contributed by atoms with E-state index in [-0.39, 0.29) is 0 Å². The highest BCUT2D eigenvalue weighted by molar-refractivity contribution is 7.25. The zero-order valence-electron chi connectivity index (χ0n) is 8.54. The fourth-order valence-corrected chi connectivity index (χ4v) is 3.55. The Bertz CT molecular complexity index is 797. The van der Waals surface area contributed by atoms with E-state index in [9.17, 15) is 0 Å². The van der Waals surface area contributed by atoms with Crippen LogP contribution in [0.2, 0.25) is 0 Å². The van der Waals surface area contributed by atoms with Crippen LogP contribution in [-0.2, 0) is 0 Å². The Hall–Kier alpha value is -1.79. The van der Waals surface area contributed by atoms with E-state index in [1.807, 2.05) is 17.5 Å². The fraction of sp³-hybridized carbons (Fsp3) is 0. The van der Waals surface area contributed by atoms with Crippen LogP contribution < -0.4 is 0 Å². The number of imidazole rings is 1. The molecule has 4 aromatic rings. The van der Waals surface area contributed by atoms with Crippen molar-refractivity contribution >= 4 is 43.9 Å². The lowest BCUT2D eigenvalue weighted by atomic mass is 10.3. The van der Waals surface area contributed by atoms with E-state index in [1.54, 1.807) is 35.2 Å². The van der Waals surface area contributed by atoms with Gasteiger partial charge < -0.3 is 4.98 Å². The number of aromatic amines is 1. The number of nitrogens with one attached hydrogen (secondary N) is 1. The Morgan fingerprint density at radius 1 is 1.12 bits per heavy atom. The molecule has 0 bridgehead atoms. The average molecular weight is 258 g/mol. The van der Waals surface area contributed by atoms with Crippen LogP contribution in [0.25, 0.3) is 31.3 Å². The van der Waals surface area contributed by atoms with Gasteiger partial charge in [-0.15, -0.1) is 22.7 Å². The van der Waals surface area contributed by atoms with E-state index in [0.717, 1.165) is 31.3 Å². The molecule has 0 aliphatic rings. The summed E-state index contributed by atoms with van der Waals surface area (Å²) in [5.74, 6) is 0. The number of benzene rings is 1. The zero-order chi connectivity index (χ0) is 11.2. The Morgan fingerprint density at radius 2 is 2.12 bits per heavy atom. The fourth-order valence-electron chi connectivity index (χ4n) is 1.81. The van der Waals surface area contributed by atoms with Gasteiger partial charge in [0.1, 0.15) is 5.52 Å². The molecule has 0 aliphatic carbocycles. The van der Waals surface area contributed by atoms with Gasteiger partial charge in [-0.3, -0.25) is 0 Å². The molecule has 0 fully saturated rings. The number of aromatic nitrogens is 4. The van der Waals surface area contributed by atoms with Crippen LogP contribution in [0.4, 0.5) is 0 Å². The summed E-state index contributed by atoms with van der Waals surface area (Å²) in [4.78, 5) is 16.3. The van der Waals surface area contributed by atoms with Crippen molar-refractivity contribution in [2.75, 3.05) is 0 Å². The molecular weight excluding hydrogens is 252 g/mol. The third-order valence-corrected chi connectivity index (χ3v) is 4.55. The summed E-state index contributed by atoms with van der Waals surface area (Å²) in [7, 11) is 0. The van der Waals surface area contributed by atoms with Crippen LogP contribution in [0, 0.1) is 0 Å². The first-order valence-corrected chi connectivity index (χ1v) is 6.74. The van der Waals surface area contributed by atoms with Crippen molar-refractivity contribution in [3.05, 3.63) is 30.0 Å². The van der Waals surface area contributed by atoms with Gasteiger partial charge in [-0.25, -0.2) is 15.0 Å². The molecule has 0 unspecified atom stereocenters. The zero-order valence-corrected chi connectivity index (χ0v) is 10.2. The quantitative estimate of drug-likeness (QED) is 0.570. The van der Waals surface area contributed by atoms with E-state index in [1.165, 1.54) is 0 Å². The average Bonchev–Trinajstić information content (AvgIpc) is 3.08. The summed E-state index contributed by atoms with van der Waals surface area (Å²) < 4.78 is 1.12. The second-order valence-corrected chi connectivity index (χ2v) is 5.46. The first-order valence-electron chi connectivity index (χ1n) is 5.04. The van der Waals surface area contributed by atoms with Gasteiger partial charge in [-0.1, -0.05) is 0 Å². The number of rotatable bonds is 1. The molecule has 82 valence electrons. The molecule has 0 atom stereocenters. The van der Waals surface area contributed by atoms with Crippen LogP contribution in [0.3, 0.4) is 0 Å². The molecule has 4 rings (SSSR count). The molecule has 1 N–H and O–H groups in total. The highest BCUT2D eigenvalue weighted by Crippen LogP contribution is 2.34. The van der Waals surface area contributed by atoms with E-state index < -0.39 is 0 Å². The minimum absolute atomic E-state index is 0.963. The predicted octanol–water partition coefficient (Wildman–Crippen LogP) is 3.30. The molecule has 0 radical (unpaired) electrons. The molecule has 0 spiro atoms. The van der Waals surface area contributed by atoms with Crippen molar-refractivity contribution in [2.45, 2.75) is 0 Å². The topological polar surface area (TPSA) is 54.5 Å². The predicted molar refractivity (Wildman–Crippen MR) is 70.4 cm³/mol. The normalized spacial score (nSPS) is 11.5.